The highest BCUT2D eigenvalue weighted by molar-refractivity contribution is 6.32. The van der Waals surface area contributed by atoms with Crippen molar-refractivity contribution in [2.45, 2.75) is 53.1 Å². The van der Waals surface area contributed by atoms with E-state index < -0.39 is 0 Å². The first-order chi connectivity index (χ1) is 8.83. The predicted molar refractivity (Wildman–Crippen MR) is 83.0 cm³/mol. The van der Waals surface area contributed by atoms with Crippen molar-refractivity contribution in [2.24, 2.45) is 5.92 Å². The van der Waals surface area contributed by atoms with E-state index in [1.54, 1.807) is 0 Å². The molecule has 3 heteroatoms. The average Bonchev–Trinajstić information content (AvgIpc) is 2.33. The van der Waals surface area contributed by atoms with Gasteiger partial charge < -0.3 is 10.1 Å². The molecule has 0 spiro atoms. The van der Waals surface area contributed by atoms with Gasteiger partial charge >= 0.3 is 0 Å². The minimum absolute atomic E-state index is 0.0797. The van der Waals surface area contributed by atoms with Crippen molar-refractivity contribution in [2.75, 3.05) is 6.61 Å². The molecule has 1 rings (SSSR count). The number of nitrogens with one attached hydrogen (secondary N) is 1. The monoisotopic (exact) mass is 283 g/mol. The van der Waals surface area contributed by atoms with Crippen LogP contribution in [0.2, 0.25) is 5.02 Å². The van der Waals surface area contributed by atoms with Crippen LogP contribution in [0.15, 0.2) is 18.2 Å². The molecule has 0 aliphatic carbocycles. The zero-order chi connectivity index (χ0) is 14.5. The van der Waals surface area contributed by atoms with Crippen LogP contribution in [0.1, 0.15) is 46.6 Å². The van der Waals surface area contributed by atoms with Crippen LogP contribution >= 0.6 is 11.6 Å². The number of para-hydroxylation sites is 1. The van der Waals surface area contributed by atoms with Crippen LogP contribution in [0.5, 0.6) is 5.75 Å². The molecule has 2 nitrogen and oxygen atoms in total. The van der Waals surface area contributed by atoms with Crippen molar-refractivity contribution >= 4 is 11.6 Å². The fourth-order valence-electron chi connectivity index (χ4n) is 1.56. The molecule has 0 aromatic heterocycles. The zero-order valence-corrected chi connectivity index (χ0v) is 13.5. The summed E-state index contributed by atoms with van der Waals surface area (Å²) in [7, 11) is 0. The average molecular weight is 284 g/mol. The van der Waals surface area contributed by atoms with Gasteiger partial charge in [-0.2, -0.15) is 0 Å². The Hall–Kier alpha value is -0.730. The third-order valence-corrected chi connectivity index (χ3v) is 3.36. The summed E-state index contributed by atoms with van der Waals surface area (Å²) < 4.78 is 5.91. The van der Waals surface area contributed by atoms with E-state index in [1.165, 1.54) is 0 Å². The van der Waals surface area contributed by atoms with E-state index >= 15 is 0 Å². The highest BCUT2D eigenvalue weighted by Crippen LogP contribution is 2.29. The molecular weight excluding hydrogens is 258 g/mol. The molecule has 1 unspecified atom stereocenters. The Kier molecular flexibility index (Phi) is 6.15. The van der Waals surface area contributed by atoms with Gasteiger partial charge in [0, 0.05) is 17.6 Å². The summed E-state index contributed by atoms with van der Waals surface area (Å²) in [5, 5.41) is 4.16. The molecule has 0 saturated heterocycles. The molecule has 0 aliphatic rings. The van der Waals surface area contributed by atoms with Crippen LogP contribution in [-0.2, 0) is 6.54 Å². The molecule has 0 radical (unpaired) electrons. The molecule has 0 aliphatic heterocycles. The van der Waals surface area contributed by atoms with Gasteiger partial charge in [0.05, 0.1) is 11.6 Å². The lowest BCUT2D eigenvalue weighted by atomic mass is 10.1. The van der Waals surface area contributed by atoms with E-state index in [1.807, 2.05) is 12.1 Å². The van der Waals surface area contributed by atoms with E-state index in [9.17, 15) is 0 Å². The first-order valence-corrected chi connectivity index (χ1v) is 7.36. The Morgan fingerprint density at radius 3 is 2.58 bits per heavy atom. The Labute approximate surface area is 122 Å². The maximum absolute atomic E-state index is 6.25. The Balaban J connectivity index is 2.77. The van der Waals surface area contributed by atoms with E-state index in [0.717, 1.165) is 24.3 Å². The Morgan fingerprint density at radius 2 is 2.00 bits per heavy atom. The second kappa shape index (κ2) is 7.16. The predicted octanol–water partition coefficient (Wildman–Crippen LogP) is 4.65. The third-order valence-electron chi connectivity index (χ3n) is 3.07. The summed E-state index contributed by atoms with van der Waals surface area (Å²) in [6, 6.07) is 5.92. The number of ether oxygens (including phenoxy) is 1. The van der Waals surface area contributed by atoms with Gasteiger partial charge in [0.2, 0.25) is 0 Å². The molecule has 108 valence electrons. The van der Waals surface area contributed by atoms with Crippen LogP contribution in [0.4, 0.5) is 0 Å². The summed E-state index contributed by atoms with van der Waals surface area (Å²) in [5.41, 5.74) is 1.20. The molecule has 1 atom stereocenters. The van der Waals surface area contributed by atoms with Gasteiger partial charge in [0.15, 0.2) is 0 Å². The molecule has 1 N–H and O–H groups in total. The minimum atomic E-state index is 0.0797. The van der Waals surface area contributed by atoms with Crippen LogP contribution in [0, 0.1) is 5.92 Å². The van der Waals surface area contributed by atoms with Gasteiger partial charge in [0.1, 0.15) is 5.75 Å². The zero-order valence-electron chi connectivity index (χ0n) is 12.7. The Morgan fingerprint density at radius 1 is 1.32 bits per heavy atom. The van der Waals surface area contributed by atoms with Crippen molar-refractivity contribution in [1.29, 1.82) is 0 Å². The topological polar surface area (TPSA) is 21.3 Å². The fraction of sp³-hybridized carbons (Fsp3) is 0.625. The van der Waals surface area contributed by atoms with E-state index in [4.69, 9.17) is 16.3 Å². The van der Waals surface area contributed by atoms with Crippen molar-refractivity contribution in [1.82, 2.24) is 5.32 Å². The number of benzene rings is 1. The number of rotatable bonds is 6. The maximum atomic E-state index is 6.25. The van der Waals surface area contributed by atoms with Crippen LogP contribution < -0.4 is 10.1 Å². The van der Waals surface area contributed by atoms with Crippen molar-refractivity contribution in [3.05, 3.63) is 28.8 Å². The molecule has 0 bridgehead atoms. The SMILES string of the molecule is CCC(C)COc1c(Cl)cccc1CNC(C)(C)C. The highest BCUT2D eigenvalue weighted by Gasteiger charge is 2.13. The number of halogens is 1. The first kappa shape index (κ1) is 16.3. The van der Waals surface area contributed by atoms with Gasteiger partial charge in [-0.15, -0.1) is 0 Å². The number of hydrogen-bond acceptors (Lipinski definition) is 2. The molecule has 0 saturated carbocycles. The molecule has 1 aromatic carbocycles. The standard InChI is InChI=1S/C16H26ClNO/c1-6-12(2)11-19-15-13(8-7-9-14(15)17)10-18-16(3,4)5/h7-9,12,18H,6,10-11H2,1-5H3. The largest absolute Gasteiger partial charge is 0.491 e. The lowest BCUT2D eigenvalue weighted by molar-refractivity contribution is 0.253. The van der Waals surface area contributed by atoms with Crippen LogP contribution in [0.25, 0.3) is 0 Å². The van der Waals surface area contributed by atoms with Gasteiger partial charge in [-0.25, -0.2) is 0 Å². The molecule has 0 amide bonds. The third kappa shape index (κ3) is 5.84. The van der Waals surface area contributed by atoms with Crippen molar-refractivity contribution in [3.63, 3.8) is 0 Å². The van der Waals surface area contributed by atoms with E-state index in [2.05, 4.69) is 46.0 Å². The van der Waals surface area contributed by atoms with E-state index in [0.29, 0.717) is 17.5 Å². The quantitative estimate of drug-likeness (QED) is 0.820. The summed E-state index contributed by atoms with van der Waals surface area (Å²) in [6.07, 6.45) is 1.11. The lowest BCUT2D eigenvalue weighted by Gasteiger charge is -2.22. The van der Waals surface area contributed by atoms with Gasteiger partial charge in [-0.1, -0.05) is 44.0 Å². The Bertz CT molecular complexity index is 398. The lowest BCUT2D eigenvalue weighted by Crippen LogP contribution is -2.35. The molecule has 0 fully saturated rings. The minimum Gasteiger partial charge on any atom is -0.491 e. The molecule has 1 aromatic rings. The second-order valence-corrected chi connectivity index (χ2v) is 6.56. The maximum Gasteiger partial charge on any atom is 0.142 e. The van der Waals surface area contributed by atoms with Gasteiger partial charge in [-0.3, -0.25) is 0 Å². The second-order valence-electron chi connectivity index (χ2n) is 6.16. The summed E-state index contributed by atoms with van der Waals surface area (Å²) in [6.45, 7) is 12.3. The summed E-state index contributed by atoms with van der Waals surface area (Å²) in [5.74, 6) is 1.36. The summed E-state index contributed by atoms with van der Waals surface area (Å²) >= 11 is 6.25. The molecular formula is C16H26ClNO. The smallest absolute Gasteiger partial charge is 0.142 e. The van der Waals surface area contributed by atoms with Crippen molar-refractivity contribution in [3.8, 4) is 5.75 Å². The van der Waals surface area contributed by atoms with Crippen LogP contribution in [0.3, 0.4) is 0 Å². The van der Waals surface area contributed by atoms with Gasteiger partial charge in [0.25, 0.3) is 0 Å². The normalized spacial score (nSPS) is 13.4. The van der Waals surface area contributed by atoms with Crippen molar-refractivity contribution < 1.29 is 4.74 Å². The van der Waals surface area contributed by atoms with E-state index in [-0.39, 0.29) is 5.54 Å². The highest BCUT2D eigenvalue weighted by atomic mass is 35.5. The molecule has 0 heterocycles. The molecule has 19 heavy (non-hydrogen) atoms. The first-order valence-electron chi connectivity index (χ1n) is 6.98. The van der Waals surface area contributed by atoms with Gasteiger partial charge in [-0.05, 0) is 32.8 Å². The fourth-order valence-corrected chi connectivity index (χ4v) is 1.81. The number of hydrogen-bond donors (Lipinski definition) is 1. The van der Waals surface area contributed by atoms with Crippen LogP contribution in [-0.4, -0.2) is 12.1 Å². The summed E-state index contributed by atoms with van der Waals surface area (Å²) in [4.78, 5) is 0.